The van der Waals surface area contributed by atoms with E-state index in [4.69, 9.17) is 11.6 Å². The van der Waals surface area contributed by atoms with Gasteiger partial charge in [0.05, 0.1) is 5.92 Å². The van der Waals surface area contributed by atoms with Crippen molar-refractivity contribution < 1.29 is 4.79 Å². The fraction of sp³-hybridized carbons (Fsp3) is 0.667. The Hall–Kier alpha value is -0.540. The molecule has 1 saturated heterocycles. The van der Waals surface area contributed by atoms with Crippen LogP contribution in [-0.2, 0) is 11.2 Å². The Bertz CT molecular complexity index is 472. The van der Waals surface area contributed by atoms with Gasteiger partial charge in [0, 0.05) is 23.3 Å². The van der Waals surface area contributed by atoms with E-state index in [-0.39, 0.29) is 11.3 Å². The second-order valence-electron chi connectivity index (χ2n) is 5.81. The van der Waals surface area contributed by atoms with Gasteiger partial charge in [-0.1, -0.05) is 6.92 Å². The molecule has 2 nitrogen and oxygen atoms in total. The molecule has 0 bridgehead atoms. The highest BCUT2D eigenvalue weighted by atomic mass is 35.5. The third-order valence-corrected chi connectivity index (χ3v) is 6.11. The highest BCUT2D eigenvalue weighted by Gasteiger charge is 2.34. The first-order chi connectivity index (χ1) is 9.16. The van der Waals surface area contributed by atoms with Gasteiger partial charge in [-0.15, -0.1) is 22.9 Å². The van der Waals surface area contributed by atoms with Crippen LogP contribution in [0.15, 0.2) is 11.4 Å². The fourth-order valence-electron chi connectivity index (χ4n) is 3.28. The van der Waals surface area contributed by atoms with Crippen molar-refractivity contribution in [2.75, 3.05) is 13.1 Å². The number of likely N-dealkylation sites (tertiary alicyclic amines) is 1. The van der Waals surface area contributed by atoms with Gasteiger partial charge in [-0.25, -0.2) is 0 Å². The summed E-state index contributed by atoms with van der Waals surface area (Å²) in [4.78, 5) is 16.2. The summed E-state index contributed by atoms with van der Waals surface area (Å²) in [5, 5.41) is 2.36. The van der Waals surface area contributed by atoms with Crippen LogP contribution >= 0.6 is 22.9 Å². The van der Waals surface area contributed by atoms with Crippen LogP contribution in [0.4, 0.5) is 0 Å². The first-order valence-corrected chi connectivity index (χ1v) is 8.47. The number of rotatable bonds is 1. The molecule has 19 heavy (non-hydrogen) atoms. The van der Waals surface area contributed by atoms with E-state index in [9.17, 15) is 4.79 Å². The summed E-state index contributed by atoms with van der Waals surface area (Å²) in [6.07, 6.45) is 4.23. The first kappa shape index (κ1) is 13.4. The number of thiophene rings is 1. The molecule has 0 N–H and O–H groups in total. The quantitative estimate of drug-likeness (QED) is 0.725. The normalized spacial score (nSPS) is 31.1. The molecule has 3 unspecified atom stereocenters. The number of amides is 1. The Kier molecular flexibility index (Phi) is 3.86. The van der Waals surface area contributed by atoms with E-state index in [2.05, 4.69) is 18.4 Å². The molecule has 1 aliphatic carbocycles. The van der Waals surface area contributed by atoms with Crippen molar-refractivity contribution in [1.29, 1.82) is 0 Å². The number of carbonyl (C=O) groups is 1. The van der Waals surface area contributed by atoms with Crippen LogP contribution in [0.1, 0.15) is 42.5 Å². The van der Waals surface area contributed by atoms with Crippen molar-refractivity contribution in [2.45, 2.75) is 43.9 Å². The van der Waals surface area contributed by atoms with E-state index in [1.807, 2.05) is 4.90 Å². The molecule has 1 aromatic rings. The average Bonchev–Trinajstić information content (AvgIpc) is 2.89. The second-order valence-corrected chi connectivity index (χ2v) is 7.37. The van der Waals surface area contributed by atoms with Crippen LogP contribution in [0.2, 0.25) is 0 Å². The molecular weight excluding hydrogens is 278 g/mol. The maximum atomic E-state index is 12.8. The van der Waals surface area contributed by atoms with E-state index in [0.29, 0.717) is 11.8 Å². The van der Waals surface area contributed by atoms with E-state index >= 15 is 0 Å². The summed E-state index contributed by atoms with van der Waals surface area (Å²) in [7, 11) is 0. The molecule has 1 fully saturated rings. The molecule has 1 aliphatic heterocycles. The van der Waals surface area contributed by atoms with Crippen molar-refractivity contribution in [3.05, 3.63) is 21.9 Å². The smallest absolute Gasteiger partial charge is 0.230 e. The lowest BCUT2D eigenvalue weighted by molar-refractivity contribution is -0.134. The van der Waals surface area contributed by atoms with Crippen LogP contribution < -0.4 is 0 Å². The maximum absolute atomic E-state index is 12.8. The molecule has 3 atom stereocenters. The molecule has 2 aliphatic rings. The van der Waals surface area contributed by atoms with Gasteiger partial charge in [-0.2, -0.15) is 0 Å². The average molecular weight is 298 g/mol. The number of nitrogens with zero attached hydrogens (tertiary/aromatic N) is 1. The summed E-state index contributed by atoms with van der Waals surface area (Å²) in [6, 6.07) is 2.15. The lowest BCUT2D eigenvalue weighted by atomic mass is 9.86. The van der Waals surface area contributed by atoms with Gasteiger partial charge < -0.3 is 4.90 Å². The molecule has 0 aromatic carbocycles. The predicted molar refractivity (Wildman–Crippen MR) is 80.0 cm³/mol. The molecule has 1 aromatic heterocycles. The van der Waals surface area contributed by atoms with Gasteiger partial charge >= 0.3 is 0 Å². The van der Waals surface area contributed by atoms with Crippen molar-refractivity contribution in [3.8, 4) is 0 Å². The van der Waals surface area contributed by atoms with Crippen LogP contribution in [0.3, 0.4) is 0 Å². The van der Waals surface area contributed by atoms with Crippen LogP contribution in [0.5, 0.6) is 0 Å². The molecule has 0 spiro atoms. The number of hydrogen-bond acceptors (Lipinski definition) is 2. The van der Waals surface area contributed by atoms with Crippen LogP contribution in [-0.4, -0.2) is 29.3 Å². The number of hydrogen-bond donors (Lipinski definition) is 0. The van der Waals surface area contributed by atoms with Crippen molar-refractivity contribution in [3.63, 3.8) is 0 Å². The van der Waals surface area contributed by atoms with Crippen LogP contribution in [0, 0.1) is 5.92 Å². The van der Waals surface area contributed by atoms with E-state index < -0.39 is 0 Å². The zero-order valence-electron chi connectivity index (χ0n) is 11.3. The Morgan fingerprint density at radius 1 is 1.47 bits per heavy atom. The molecule has 3 rings (SSSR count). The summed E-state index contributed by atoms with van der Waals surface area (Å²) in [5.41, 5.74) is 1.29. The zero-order chi connectivity index (χ0) is 13.4. The van der Waals surface area contributed by atoms with Crippen LogP contribution in [0.25, 0.3) is 0 Å². The molecular formula is C15H20ClNOS. The molecule has 2 heterocycles. The Labute approximate surface area is 123 Å². The Morgan fingerprint density at radius 3 is 3.11 bits per heavy atom. The minimum Gasteiger partial charge on any atom is -0.342 e. The van der Waals surface area contributed by atoms with Gasteiger partial charge in [0.25, 0.3) is 0 Å². The maximum Gasteiger partial charge on any atom is 0.230 e. The standard InChI is InChI=1S/C15H20ClNOS/c1-10-9-17(7-5-13(10)16)15(18)12-3-2-4-14-11(12)6-8-19-14/h6,8,10,12-13H,2-5,7,9H2,1H3. The second kappa shape index (κ2) is 5.45. The number of piperidine rings is 1. The van der Waals surface area contributed by atoms with Gasteiger partial charge in [0.2, 0.25) is 5.91 Å². The van der Waals surface area contributed by atoms with Gasteiger partial charge in [-0.05, 0) is 48.6 Å². The summed E-state index contributed by atoms with van der Waals surface area (Å²) < 4.78 is 0. The summed E-state index contributed by atoms with van der Waals surface area (Å²) in [5.74, 6) is 0.841. The monoisotopic (exact) mass is 297 g/mol. The predicted octanol–water partition coefficient (Wildman–Crippen LogP) is 3.64. The number of carbonyl (C=O) groups excluding carboxylic acids is 1. The first-order valence-electron chi connectivity index (χ1n) is 7.16. The number of aryl methyl sites for hydroxylation is 1. The highest BCUT2D eigenvalue weighted by Crippen LogP contribution is 2.37. The molecule has 0 radical (unpaired) electrons. The van der Waals surface area contributed by atoms with Gasteiger partial charge in [0.15, 0.2) is 0 Å². The van der Waals surface area contributed by atoms with Crippen molar-refractivity contribution >= 4 is 28.8 Å². The lowest BCUT2D eigenvalue weighted by Crippen LogP contribution is -2.45. The Balaban J connectivity index is 1.75. The van der Waals surface area contributed by atoms with E-state index in [0.717, 1.165) is 38.8 Å². The largest absolute Gasteiger partial charge is 0.342 e. The number of halogens is 1. The van der Waals surface area contributed by atoms with E-state index in [1.165, 1.54) is 10.4 Å². The number of alkyl halides is 1. The Morgan fingerprint density at radius 2 is 2.32 bits per heavy atom. The van der Waals surface area contributed by atoms with Gasteiger partial charge in [0.1, 0.15) is 0 Å². The minimum absolute atomic E-state index is 0.106. The molecule has 0 saturated carbocycles. The molecule has 4 heteroatoms. The summed E-state index contributed by atoms with van der Waals surface area (Å²) >= 11 is 8.05. The highest BCUT2D eigenvalue weighted by molar-refractivity contribution is 7.10. The molecule has 1 amide bonds. The minimum atomic E-state index is 0.106. The summed E-state index contributed by atoms with van der Waals surface area (Å²) in [6.45, 7) is 3.80. The lowest BCUT2D eigenvalue weighted by Gasteiger charge is -2.37. The van der Waals surface area contributed by atoms with Crippen molar-refractivity contribution in [2.24, 2.45) is 5.92 Å². The number of fused-ring (bicyclic) bond motifs is 1. The topological polar surface area (TPSA) is 20.3 Å². The van der Waals surface area contributed by atoms with E-state index in [1.54, 1.807) is 11.3 Å². The molecule has 104 valence electrons. The fourth-order valence-corrected chi connectivity index (χ4v) is 4.45. The zero-order valence-corrected chi connectivity index (χ0v) is 12.8. The third-order valence-electron chi connectivity index (χ3n) is 4.46. The third kappa shape index (κ3) is 2.55. The SMILES string of the molecule is CC1CN(C(=O)C2CCCc3sccc32)CCC1Cl. The van der Waals surface area contributed by atoms with Gasteiger partial charge in [-0.3, -0.25) is 4.79 Å². The van der Waals surface area contributed by atoms with Crippen molar-refractivity contribution in [1.82, 2.24) is 4.90 Å².